The van der Waals surface area contributed by atoms with Crippen molar-refractivity contribution in [1.82, 2.24) is 5.32 Å². The number of rotatable bonds is 3. The molecule has 0 radical (unpaired) electrons. The lowest BCUT2D eigenvalue weighted by Gasteiger charge is -2.05. The average molecular weight is 233 g/mol. The third-order valence-corrected chi connectivity index (χ3v) is 1.75. The molecule has 1 rings (SSSR count). The predicted molar refractivity (Wildman–Crippen MR) is 48.8 cm³/mol. The summed E-state index contributed by atoms with van der Waals surface area (Å²) in [5, 5.41) is 2.11. The van der Waals surface area contributed by atoms with Gasteiger partial charge >= 0.3 is 0 Å². The SMILES string of the molecule is C=CCNC(=O)c1cc(F)c(F)c(F)c1F. The largest absolute Gasteiger partial charge is 0.348 e. The van der Waals surface area contributed by atoms with Crippen LogP contribution in [-0.4, -0.2) is 12.5 Å². The molecule has 0 saturated heterocycles. The van der Waals surface area contributed by atoms with Gasteiger partial charge in [0, 0.05) is 6.54 Å². The molecule has 2 nitrogen and oxygen atoms in total. The minimum absolute atomic E-state index is 0.00110. The van der Waals surface area contributed by atoms with E-state index >= 15 is 0 Å². The zero-order chi connectivity index (χ0) is 12.3. The van der Waals surface area contributed by atoms with E-state index in [1.165, 1.54) is 6.08 Å². The summed E-state index contributed by atoms with van der Waals surface area (Å²) in [5.41, 5.74) is -0.891. The van der Waals surface area contributed by atoms with Gasteiger partial charge in [0.15, 0.2) is 23.3 Å². The van der Waals surface area contributed by atoms with Crippen molar-refractivity contribution in [2.24, 2.45) is 0 Å². The Kier molecular flexibility index (Phi) is 3.65. The van der Waals surface area contributed by atoms with Gasteiger partial charge in [0.25, 0.3) is 5.91 Å². The van der Waals surface area contributed by atoms with Crippen LogP contribution in [0.15, 0.2) is 18.7 Å². The minimum atomic E-state index is -2.01. The molecule has 0 fully saturated rings. The van der Waals surface area contributed by atoms with E-state index in [2.05, 4.69) is 11.9 Å². The molecule has 0 aliphatic carbocycles. The highest BCUT2D eigenvalue weighted by Crippen LogP contribution is 2.18. The Morgan fingerprint density at radius 3 is 2.44 bits per heavy atom. The summed E-state index contributed by atoms with van der Waals surface area (Å²) in [6, 6.07) is 0.298. The molecule has 0 spiro atoms. The van der Waals surface area contributed by atoms with E-state index in [0.29, 0.717) is 6.07 Å². The zero-order valence-corrected chi connectivity index (χ0v) is 7.99. The summed E-state index contributed by atoms with van der Waals surface area (Å²) in [5.74, 6) is -8.35. The maximum Gasteiger partial charge on any atom is 0.254 e. The van der Waals surface area contributed by atoms with Crippen molar-refractivity contribution in [3.63, 3.8) is 0 Å². The highest BCUT2D eigenvalue weighted by atomic mass is 19.2. The molecule has 0 aliphatic rings. The fourth-order valence-corrected chi connectivity index (χ4v) is 0.998. The van der Waals surface area contributed by atoms with E-state index in [0.717, 1.165) is 0 Å². The summed E-state index contributed by atoms with van der Waals surface area (Å²) < 4.78 is 51.1. The quantitative estimate of drug-likeness (QED) is 0.368. The molecule has 0 aliphatic heterocycles. The van der Waals surface area contributed by atoms with Crippen LogP contribution < -0.4 is 5.32 Å². The van der Waals surface area contributed by atoms with E-state index in [9.17, 15) is 22.4 Å². The van der Waals surface area contributed by atoms with Crippen LogP contribution in [-0.2, 0) is 0 Å². The number of benzene rings is 1. The summed E-state index contributed by atoms with van der Waals surface area (Å²) in [7, 11) is 0. The summed E-state index contributed by atoms with van der Waals surface area (Å²) in [6.45, 7) is 3.28. The van der Waals surface area contributed by atoms with E-state index in [-0.39, 0.29) is 6.54 Å². The number of hydrogen-bond donors (Lipinski definition) is 1. The molecule has 0 heterocycles. The van der Waals surface area contributed by atoms with Crippen LogP contribution in [0.5, 0.6) is 0 Å². The lowest BCUT2D eigenvalue weighted by molar-refractivity contribution is 0.0952. The van der Waals surface area contributed by atoms with Crippen molar-refractivity contribution >= 4 is 5.91 Å². The molecule has 86 valence electrons. The van der Waals surface area contributed by atoms with Gasteiger partial charge in [-0.15, -0.1) is 6.58 Å². The normalized spacial score (nSPS) is 10.0. The van der Waals surface area contributed by atoms with Gasteiger partial charge in [-0.3, -0.25) is 4.79 Å². The molecule has 0 bridgehead atoms. The van der Waals surface area contributed by atoms with Crippen LogP contribution in [0.25, 0.3) is 0 Å². The lowest BCUT2D eigenvalue weighted by atomic mass is 10.1. The molecule has 0 saturated carbocycles. The number of nitrogens with one attached hydrogen (secondary N) is 1. The minimum Gasteiger partial charge on any atom is -0.348 e. The highest BCUT2D eigenvalue weighted by molar-refractivity contribution is 5.94. The molecule has 0 unspecified atom stereocenters. The molecule has 6 heteroatoms. The Morgan fingerprint density at radius 1 is 1.25 bits per heavy atom. The first-order chi connectivity index (χ1) is 7.49. The fourth-order valence-electron chi connectivity index (χ4n) is 0.998. The second-order valence-electron chi connectivity index (χ2n) is 2.85. The smallest absolute Gasteiger partial charge is 0.254 e. The first-order valence-electron chi connectivity index (χ1n) is 4.21. The van der Waals surface area contributed by atoms with Crippen LogP contribution in [0.1, 0.15) is 10.4 Å². The van der Waals surface area contributed by atoms with E-state index in [4.69, 9.17) is 0 Å². The number of hydrogen-bond acceptors (Lipinski definition) is 1. The summed E-state index contributed by atoms with van der Waals surface area (Å²) in [6.07, 6.45) is 1.30. The van der Waals surface area contributed by atoms with Crippen LogP contribution in [0.2, 0.25) is 0 Å². The number of carbonyl (C=O) groups excluding carboxylic acids is 1. The van der Waals surface area contributed by atoms with Crippen molar-refractivity contribution in [2.45, 2.75) is 0 Å². The number of amides is 1. The molecule has 0 atom stereocenters. The van der Waals surface area contributed by atoms with Crippen LogP contribution in [0, 0.1) is 23.3 Å². The van der Waals surface area contributed by atoms with Gasteiger partial charge in [-0.2, -0.15) is 0 Å². The first kappa shape index (κ1) is 12.2. The Balaban J connectivity index is 3.14. The van der Waals surface area contributed by atoms with Gasteiger partial charge in [0.2, 0.25) is 0 Å². The maximum absolute atomic E-state index is 13.1. The second kappa shape index (κ2) is 4.78. The Bertz CT molecular complexity index is 445. The van der Waals surface area contributed by atoms with E-state index < -0.39 is 34.7 Å². The zero-order valence-electron chi connectivity index (χ0n) is 7.99. The third-order valence-electron chi connectivity index (χ3n) is 1.75. The Labute approximate surface area is 88.6 Å². The molecule has 1 amide bonds. The topological polar surface area (TPSA) is 29.1 Å². The maximum atomic E-state index is 13.1. The third kappa shape index (κ3) is 2.21. The standard InChI is InChI=1S/C10H7F4NO/c1-2-3-15-10(16)5-4-6(11)8(13)9(14)7(5)12/h2,4H,1,3H2,(H,15,16). The van der Waals surface area contributed by atoms with Crippen LogP contribution in [0.4, 0.5) is 17.6 Å². The highest BCUT2D eigenvalue weighted by Gasteiger charge is 2.22. The summed E-state index contributed by atoms with van der Waals surface area (Å²) in [4.78, 5) is 11.2. The Morgan fingerprint density at radius 2 is 1.88 bits per heavy atom. The predicted octanol–water partition coefficient (Wildman–Crippen LogP) is 2.16. The van der Waals surface area contributed by atoms with Gasteiger partial charge in [0.1, 0.15) is 0 Å². The molecular formula is C10H7F4NO. The number of halogens is 4. The Hall–Kier alpha value is -1.85. The first-order valence-corrected chi connectivity index (χ1v) is 4.21. The second-order valence-corrected chi connectivity index (χ2v) is 2.85. The van der Waals surface area contributed by atoms with Gasteiger partial charge < -0.3 is 5.32 Å². The van der Waals surface area contributed by atoms with Gasteiger partial charge in [0.05, 0.1) is 5.56 Å². The van der Waals surface area contributed by atoms with Gasteiger partial charge in [-0.1, -0.05) is 6.08 Å². The molecule has 1 aromatic rings. The summed E-state index contributed by atoms with van der Waals surface area (Å²) >= 11 is 0. The van der Waals surface area contributed by atoms with Crippen molar-refractivity contribution < 1.29 is 22.4 Å². The van der Waals surface area contributed by atoms with E-state index in [1.54, 1.807) is 0 Å². The molecule has 1 aromatic carbocycles. The monoisotopic (exact) mass is 233 g/mol. The van der Waals surface area contributed by atoms with Crippen molar-refractivity contribution in [3.8, 4) is 0 Å². The van der Waals surface area contributed by atoms with Gasteiger partial charge in [-0.25, -0.2) is 17.6 Å². The average Bonchev–Trinajstić information content (AvgIpc) is 2.28. The van der Waals surface area contributed by atoms with E-state index in [1.807, 2.05) is 0 Å². The van der Waals surface area contributed by atoms with Crippen molar-refractivity contribution in [1.29, 1.82) is 0 Å². The molecular weight excluding hydrogens is 226 g/mol. The van der Waals surface area contributed by atoms with Crippen LogP contribution >= 0.6 is 0 Å². The van der Waals surface area contributed by atoms with Crippen LogP contribution in [0.3, 0.4) is 0 Å². The molecule has 0 aromatic heterocycles. The fraction of sp³-hybridized carbons (Fsp3) is 0.100. The molecule has 16 heavy (non-hydrogen) atoms. The number of carbonyl (C=O) groups is 1. The van der Waals surface area contributed by atoms with Gasteiger partial charge in [-0.05, 0) is 6.07 Å². The molecule has 1 N–H and O–H groups in total. The van der Waals surface area contributed by atoms with Crippen molar-refractivity contribution in [3.05, 3.63) is 47.6 Å². The lowest BCUT2D eigenvalue weighted by Crippen LogP contribution is -2.25. The van der Waals surface area contributed by atoms with Crippen molar-refractivity contribution in [2.75, 3.05) is 6.54 Å².